The fourth-order valence-electron chi connectivity index (χ4n) is 3.41. The number of hydrogen-bond acceptors (Lipinski definition) is 4. The number of benzene rings is 1. The zero-order chi connectivity index (χ0) is 14.8. The molecule has 2 heterocycles. The average Bonchev–Trinajstić information content (AvgIpc) is 2.96. The summed E-state index contributed by atoms with van der Waals surface area (Å²) in [7, 11) is 2.04. The summed E-state index contributed by atoms with van der Waals surface area (Å²) >= 11 is 0. The van der Waals surface area contributed by atoms with Gasteiger partial charge in [0.25, 0.3) is 0 Å². The van der Waals surface area contributed by atoms with E-state index in [1.54, 1.807) is 0 Å². The van der Waals surface area contributed by atoms with Gasteiger partial charge in [0.15, 0.2) is 11.5 Å². The molecule has 3 atom stereocenters. The van der Waals surface area contributed by atoms with E-state index in [0.29, 0.717) is 18.9 Å². The summed E-state index contributed by atoms with van der Waals surface area (Å²) in [5, 5.41) is 3.45. The fraction of sp³-hybridized carbons (Fsp3) is 0.647. The van der Waals surface area contributed by atoms with Crippen molar-refractivity contribution in [3.63, 3.8) is 0 Å². The van der Waals surface area contributed by atoms with Gasteiger partial charge in [-0.25, -0.2) is 0 Å². The summed E-state index contributed by atoms with van der Waals surface area (Å²) in [4.78, 5) is 2.61. The van der Waals surface area contributed by atoms with Crippen LogP contribution in [-0.2, 0) is 0 Å². The summed E-state index contributed by atoms with van der Waals surface area (Å²) in [6.07, 6.45) is 2.66. The molecule has 1 fully saturated rings. The van der Waals surface area contributed by atoms with Crippen LogP contribution in [0.3, 0.4) is 0 Å². The maximum atomic E-state index is 5.50. The Balaban J connectivity index is 1.73. The maximum Gasteiger partial charge on any atom is 0.231 e. The predicted octanol–water partition coefficient (Wildman–Crippen LogP) is 2.80. The summed E-state index contributed by atoms with van der Waals surface area (Å²) in [5.74, 6) is 2.51. The molecule has 0 aliphatic carbocycles. The number of ether oxygens (including phenoxy) is 2. The molecular formula is C17H26N2O2. The molecule has 3 unspecified atom stereocenters. The average molecular weight is 290 g/mol. The molecule has 0 spiro atoms. The van der Waals surface area contributed by atoms with E-state index in [2.05, 4.69) is 36.2 Å². The van der Waals surface area contributed by atoms with E-state index in [1.807, 2.05) is 13.1 Å². The van der Waals surface area contributed by atoms with E-state index in [1.165, 1.54) is 24.9 Å². The molecule has 1 saturated heterocycles. The highest BCUT2D eigenvalue weighted by molar-refractivity contribution is 5.45. The molecule has 2 aliphatic rings. The Bertz CT molecular complexity index is 492. The molecule has 1 aromatic carbocycles. The number of rotatable bonds is 4. The van der Waals surface area contributed by atoms with E-state index in [-0.39, 0.29) is 0 Å². The van der Waals surface area contributed by atoms with Crippen molar-refractivity contribution in [2.75, 3.05) is 26.9 Å². The molecule has 2 aliphatic heterocycles. The van der Waals surface area contributed by atoms with Crippen LogP contribution in [-0.4, -0.2) is 37.9 Å². The molecular weight excluding hydrogens is 264 g/mol. The van der Waals surface area contributed by atoms with Gasteiger partial charge in [-0.15, -0.1) is 0 Å². The normalized spacial score (nSPS) is 26.8. The van der Waals surface area contributed by atoms with Crippen molar-refractivity contribution in [2.24, 2.45) is 5.92 Å². The first kappa shape index (κ1) is 14.7. The van der Waals surface area contributed by atoms with Crippen molar-refractivity contribution < 1.29 is 9.47 Å². The van der Waals surface area contributed by atoms with Gasteiger partial charge in [-0.05, 0) is 57.0 Å². The van der Waals surface area contributed by atoms with E-state index in [4.69, 9.17) is 9.47 Å². The predicted molar refractivity (Wildman–Crippen MR) is 83.8 cm³/mol. The Kier molecular flexibility index (Phi) is 4.36. The van der Waals surface area contributed by atoms with E-state index in [9.17, 15) is 0 Å². The van der Waals surface area contributed by atoms with E-state index in [0.717, 1.165) is 24.0 Å². The number of piperidine rings is 1. The van der Waals surface area contributed by atoms with Crippen LogP contribution >= 0.6 is 0 Å². The molecule has 116 valence electrons. The zero-order valence-corrected chi connectivity index (χ0v) is 13.3. The second-order valence-electron chi connectivity index (χ2n) is 6.31. The van der Waals surface area contributed by atoms with Crippen molar-refractivity contribution in [3.05, 3.63) is 23.8 Å². The Hall–Kier alpha value is -1.26. The summed E-state index contributed by atoms with van der Waals surface area (Å²) in [6.45, 7) is 7.31. The minimum absolute atomic E-state index is 0.326. The summed E-state index contributed by atoms with van der Waals surface area (Å²) in [5.41, 5.74) is 1.27. The maximum absolute atomic E-state index is 5.50. The minimum atomic E-state index is 0.326. The SMILES string of the molecule is CNC(CN1CCCC(C)C1C)c1ccc2c(c1)OCO2. The fourth-order valence-corrected chi connectivity index (χ4v) is 3.41. The summed E-state index contributed by atoms with van der Waals surface area (Å²) in [6, 6.07) is 7.26. The molecule has 3 rings (SSSR count). The van der Waals surface area contributed by atoms with Crippen molar-refractivity contribution in [3.8, 4) is 11.5 Å². The number of likely N-dealkylation sites (tertiary alicyclic amines) is 1. The van der Waals surface area contributed by atoms with Crippen LogP contribution in [0.5, 0.6) is 11.5 Å². The van der Waals surface area contributed by atoms with Crippen molar-refractivity contribution in [1.82, 2.24) is 10.2 Å². The minimum Gasteiger partial charge on any atom is -0.454 e. The molecule has 21 heavy (non-hydrogen) atoms. The third-order valence-electron chi connectivity index (χ3n) is 5.07. The van der Waals surface area contributed by atoms with Crippen LogP contribution in [0, 0.1) is 5.92 Å². The number of fused-ring (bicyclic) bond motifs is 1. The Morgan fingerprint density at radius 1 is 1.29 bits per heavy atom. The third-order valence-corrected chi connectivity index (χ3v) is 5.07. The third kappa shape index (κ3) is 3.01. The van der Waals surface area contributed by atoms with Crippen LogP contribution in [0.2, 0.25) is 0 Å². The van der Waals surface area contributed by atoms with Crippen LogP contribution in [0.15, 0.2) is 18.2 Å². The topological polar surface area (TPSA) is 33.7 Å². The van der Waals surface area contributed by atoms with Gasteiger partial charge in [0.1, 0.15) is 0 Å². The van der Waals surface area contributed by atoms with Gasteiger partial charge in [-0.2, -0.15) is 0 Å². The van der Waals surface area contributed by atoms with Crippen molar-refractivity contribution >= 4 is 0 Å². The monoisotopic (exact) mass is 290 g/mol. The lowest BCUT2D eigenvalue weighted by atomic mass is 9.91. The first-order chi connectivity index (χ1) is 10.2. The molecule has 0 aromatic heterocycles. The Morgan fingerprint density at radius 2 is 2.10 bits per heavy atom. The second-order valence-corrected chi connectivity index (χ2v) is 6.31. The Labute approximate surface area is 127 Å². The van der Waals surface area contributed by atoms with Crippen molar-refractivity contribution in [1.29, 1.82) is 0 Å². The molecule has 0 saturated carbocycles. The molecule has 4 nitrogen and oxygen atoms in total. The first-order valence-electron chi connectivity index (χ1n) is 8.00. The van der Waals surface area contributed by atoms with Crippen LogP contribution < -0.4 is 14.8 Å². The van der Waals surface area contributed by atoms with Gasteiger partial charge in [-0.1, -0.05) is 13.0 Å². The van der Waals surface area contributed by atoms with Crippen LogP contribution in [0.4, 0.5) is 0 Å². The quantitative estimate of drug-likeness (QED) is 0.924. The van der Waals surface area contributed by atoms with Crippen LogP contribution in [0.25, 0.3) is 0 Å². The van der Waals surface area contributed by atoms with Gasteiger partial charge in [0.2, 0.25) is 6.79 Å². The number of hydrogen-bond donors (Lipinski definition) is 1. The standard InChI is InChI=1S/C17H26N2O2/c1-12-5-4-8-19(13(12)2)10-15(18-3)14-6-7-16-17(9-14)21-11-20-16/h6-7,9,12-13,15,18H,4-5,8,10-11H2,1-3H3. The lowest BCUT2D eigenvalue weighted by Crippen LogP contribution is -2.45. The van der Waals surface area contributed by atoms with E-state index >= 15 is 0 Å². The molecule has 4 heteroatoms. The largest absolute Gasteiger partial charge is 0.454 e. The smallest absolute Gasteiger partial charge is 0.231 e. The lowest BCUT2D eigenvalue weighted by molar-refractivity contribution is 0.103. The molecule has 0 amide bonds. The highest BCUT2D eigenvalue weighted by atomic mass is 16.7. The number of nitrogens with one attached hydrogen (secondary N) is 1. The molecule has 1 N–H and O–H groups in total. The van der Waals surface area contributed by atoms with E-state index < -0.39 is 0 Å². The van der Waals surface area contributed by atoms with Gasteiger partial charge in [-0.3, -0.25) is 4.90 Å². The van der Waals surface area contributed by atoms with Crippen LogP contribution in [0.1, 0.15) is 38.3 Å². The van der Waals surface area contributed by atoms with Gasteiger partial charge < -0.3 is 14.8 Å². The van der Waals surface area contributed by atoms with Gasteiger partial charge in [0.05, 0.1) is 0 Å². The highest BCUT2D eigenvalue weighted by Crippen LogP contribution is 2.34. The summed E-state index contributed by atoms with van der Waals surface area (Å²) < 4.78 is 10.9. The first-order valence-corrected chi connectivity index (χ1v) is 8.00. The second kappa shape index (κ2) is 6.24. The lowest BCUT2D eigenvalue weighted by Gasteiger charge is -2.39. The highest BCUT2D eigenvalue weighted by Gasteiger charge is 2.27. The molecule has 0 radical (unpaired) electrons. The Morgan fingerprint density at radius 3 is 2.90 bits per heavy atom. The zero-order valence-electron chi connectivity index (χ0n) is 13.3. The van der Waals surface area contributed by atoms with Gasteiger partial charge in [0, 0.05) is 18.6 Å². The molecule has 0 bridgehead atoms. The van der Waals surface area contributed by atoms with Gasteiger partial charge >= 0.3 is 0 Å². The number of nitrogens with zero attached hydrogens (tertiary/aromatic N) is 1. The van der Waals surface area contributed by atoms with Crippen molar-refractivity contribution in [2.45, 2.75) is 38.8 Å². The number of likely N-dealkylation sites (N-methyl/N-ethyl adjacent to an activating group) is 1. The molecule has 1 aromatic rings.